The van der Waals surface area contributed by atoms with Crippen molar-refractivity contribution in [3.8, 4) is 5.75 Å². The molecule has 1 aromatic rings. The molecule has 0 unspecified atom stereocenters. The second-order valence-electron chi connectivity index (χ2n) is 4.69. The largest absolute Gasteiger partial charge is 0.487 e. The van der Waals surface area contributed by atoms with Crippen molar-refractivity contribution in [2.45, 2.75) is 32.6 Å². The van der Waals surface area contributed by atoms with Crippen LogP contribution in [-0.2, 0) is 16.4 Å². The van der Waals surface area contributed by atoms with Crippen LogP contribution >= 0.6 is 0 Å². The van der Waals surface area contributed by atoms with E-state index in [9.17, 15) is 18.5 Å². The number of primary sulfonamides is 1. The van der Waals surface area contributed by atoms with E-state index in [2.05, 4.69) is 0 Å². The summed E-state index contributed by atoms with van der Waals surface area (Å²) in [7, 11) is -3.42. The van der Waals surface area contributed by atoms with Crippen molar-refractivity contribution in [2.24, 2.45) is 5.14 Å². The van der Waals surface area contributed by atoms with E-state index in [1.807, 2.05) is 6.92 Å². The average molecular weight is 316 g/mol. The van der Waals surface area contributed by atoms with Gasteiger partial charge >= 0.3 is 5.69 Å². The second-order valence-corrected chi connectivity index (χ2v) is 6.42. The maximum atomic E-state index is 11.0. The van der Waals surface area contributed by atoms with E-state index in [4.69, 9.17) is 9.88 Å². The van der Waals surface area contributed by atoms with E-state index in [0.717, 1.165) is 5.56 Å². The number of unbranched alkanes of at least 4 members (excludes halogenated alkanes) is 2. The third-order valence-corrected chi connectivity index (χ3v) is 3.82. The number of sulfonamides is 1. The van der Waals surface area contributed by atoms with Crippen LogP contribution in [0.1, 0.15) is 31.7 Å². The highest BCUT2D eigenvalue weighted by Gasteiger charge is 2.15. The van der Waals surface area contributed by atoms with Crippen LogP contribution in [0.25, 0.3) is 0 Å². The Bertz CT molecular complexity index is 586. The summed E-state index contributed by atoms with van der Waals surface area (Å²) in [5, 5.41) is 15.9. The molecule has 1 rings (SSSR count). The van der Waals surface area contributed by atoms with Gasteiger partial charge in [-0.2, -0.15) is 0 Å². The molecule has 0 fully saturated rings. The molecule has 0 heterocycles. The van der Waals surface area contributed by atoms with Gasteiger partial charge in [0, 0.05) is 6.07 Å². The lowest BCUT2D eigenvalue weighted by atomic mass is 10.1. The molecule has 118 valence electrons. The highest BCUT2D eigenvalue weighted by atomic mass is 32.2. The highest BCUT2D eigenvalue weighted by Crippen LogP contribution is 2.28. The lowest BCUT2D eigenvalue weighted by Crippen LogP contribution is -2.16. The molecule has 1 aromatic carbocycles. The molecule has 0 spiro atoms. The third kappa shape index (κ3) is 6.54. The molecule has 0 amide bonds. The molecule has 0 saturated carbocycles. The number of aryl methyl sites for hydroxylation is 1. The first-order valence-corrected chi connectivity index (χ1v) is 8.45. The number of nitrogens with zero attached hydrogens (tertiary/aromatic N) is 1. The van der Waals surface area contributed by atoms with Gasteiger partial charge in [-0.15, -0.1) is 0 Å². The first-order valence-electron chi connectivity index (χ1n) is 6.74. The smallest absolute Gasteiger partial charge is 0.311 e. The number of nitro benzene ring substituents is 1. The van der Waals surface area contributed by atoms with Gasteiger partial charge in [-0.3, -0.25) is 10.1 Å². The monoisotopic (exact) mass is 316 g/mol. The van der Waals surface area contributed by atoms with Crippen LogP contribution in [0.3, 0.4) is 0 Å². The van der Waals surface area contributed by atoms with Crippen LogP contribution in [0, 0.1) is 10.1 Å². The predicted octanol–water partition coefficient (Wildman–Crippen LogP) is 1.99. The summed E-state index contributed by atoms with van der Waals surface area (Å²) >= 11 is 0. The van der Waals surface area contributed by atoms with Gasteiger partial charge in [0.25, 0.3) is 0 Å². The molecule has 0 radical (unpaired) electrons. The summed E-state index contributed by atoms with van der Waals surface area (Å²) < 4.78 is 26.9. The van der Waals surface area contributed by atoms with E-state index in [1.54, 1.807) is 12.1 Å². The minimum absolute atomic E-state index is 0.0427. The molecule has 0 saturated heterocycles. The molecule has 2 N–H and O–H groups in total. The maximum Gasteiger partial charge on any atom is 0.311 e. The third-order valence-electron chi connectivity index (χ3n) is 2.96. The lowest BCUT2D eigenvalue weighted by Gasteiger charge is -2.07. The first kappa shape index (κ1) is 17.4. The summed E-state index contributed by atoms with van der Waals surface area (Å²) in [4.78, 5) is 10.5. The van der Waals surface area contributed by atoms with Gasteiger partial charge in [-0.05, 0) is 37.3 Å². The molecule has 0 aliphatic heterocycles. The van der Waals surface area contributed by atoms with Crippen molar-refractivity contribution in [1.29, 1.82) is 0 Å². The standard InChI is InChI=1S/C13H20N2O5S/c1-2-11-6-7-13(12(10-11)15(16)17)20-8-4-3-5-9-21(14,18)19/h6-7,10H,2-5,8-9H2,1H3,(H2,14,18,19). The van der Waals surface area contributed by atoms with E-state index >= 15 is 0 Å². The van der Waals surface area contributed by atoms with Gasteiger partial charge in [0.2, 0.25) is 10.0 Å². The molecule has 0 aromatic heterocycles. The quantitative estimate of drug-likeness (QED) is 0.425. The average Bonchev–Trinajstić information content (AvgIpc) is 2.41. The van der Waals surface area contributed by atoms with Crippen molar-refractivity contribution >= 4 is 15.7 Å². The van der Waals surface area contributed by atoms with Crippen LogP contribution in [0.2, 0.25) is 0 Å². The number of hydrogen-bond donors (Lipinski definition) is 1. The predicted molar refractivity (Wildman–Crippen MR) is 79.8 cm³/mol. The van der Waals surface area contributed by atoms with Crippen LogP contribution in [0.4, 0.5) is 5.69 Å². The van der Waals surface area contributed by atoms with Gasteiger partial charge in [0.15, 0.2) is 5.75 Å². The summed E-state index contributed by atoms with van der Waals surface area (Å²) in [5.74, 6) is 0.182. The highest BCUT2D eigenvalue weighted by molar-refractivity contribution is 7.89. The Morgan fingerprint density at radius 1 is 1.29 bits per heavy atom. The van der Waals surface area contributed by atoms with E-state index in [1.165, 1.54) is 6.07 Å². The van der Waals surface area contributed by atoms with Crippen molar-refractivity contribution in [3.05, 3.63) is 33.9 Å². The number of nitro groups is 1. The number of benzene rings is 1. The van der Waals surface area contributed by atoms with E-state index in [0.29, 0.717) is 32.3 Å². The Labute approximate surface area is 124 Å². The molecule has 0 aliphatic rings. The van der Waals surface area contributed by atoms with Crippen LogP contribution in [-0.4, -0.2) is 25.7 Å². The Hall–Kier alpha value is -1.67. The fourth-order valence-corrected chi connectivity index (χ4v) is 2.42. The van der Waals surface area contributed by atoms with Crippen LogP contribution < -0.4 is 9.88 Å². The van der Waals surface area contributed by atoms with Gasteiger partial charge in [0.05, 0.1) is 17.3 Å². The van der Waals surface area contributed by atoms with Gasteiger partial charge < -0.3 is 4.74 Å². The summed E-state index contributed by atoms with van der Waals surface area (Å²) in [6, 6.07) is 4.90. The van der Waals surface area contributed by atoms with Gasteiger partial charge in [0.1, 0.15) is 0 Å². The van der Waals surface area contributed by atoms with E-state index in [-0.39, 0.29) is 17.2 Å². The zero-order valence-electron chi connectivity index (χ0n) is 11.9. The summed E-state index contributed by atoms with van der Waals surface area (Å²) in [5.41, 5.74) is 0.834. The molecule has 8 heteroatoms. The Balaban J connectivity index is 2.46. The van der Waals surface area contributed by atoms with Crippen molar-refractivity contribution < 1.29 is 18.1 Å². The zero-order chi connectivity index (χ0) is 15.9. The van der Waals surface area contributed by atoms with Gasteiger partial charge in [-0.1, -0.05) is 13.0 Å². The van der Waals surface area contributed by atoms with Gasteiger partial charge in [-0.25, -0.2) is 13.6 Å². The molecule has 0 bridgehead atoms. The van der Waals surface area contributed by atoms with Crippen LogP contribution in [0.5, 0.6) is 5.75 Å². The zero-order valence-corrected chi connectivity index (χ0v) is 12.8. The SMILES string of the molecule is CCc1ccc(OCCCCCS(N)(=O)=O)c([N+](=O)[O-])c1. The topological polar surface area (TPSA) is 113 Å². The van der Waals surface area contributed by atoms with Crippen molar-refractivity contribution in [1.82, 2.24) is 0 Å². The number of hydrogen-bond acceptors (Lipinski definition) is 5. The minimum Gasteiger partial charge on any atom is -0.487 e. The normalized spacial score (nSPS) is 11.3. The summed E-state index contributed by atoms with van der Waals surface area (Å²) in [6.45, 7) is 2.22. The number of nitrogens with two attached hydrogens (primary N) is 1. The summed E-state index contributed by atoms with van der Waals surface area (Å²) in [6.07, 6.45) is 2.42. The molecular weight excluding hydrogens is 296 g/mol. The molecule has 0 atom stereocenters. The Morgan fingerprint density at radius 2 is 2.00 bits per heavy atom. The first-order chi connectivity index (χ1) is 9.83. The number of rotatable bonds is 9. The Morgan fingerprint density at radius 3 is 2.57 bits per heavy atom. The Kier molecular flexibility index (Phi) is 6.57. The maximum absolute atomic E-state index is 11.0. The van der Waals surface area contributed by atoms with E-state index < -0.39 is 14.9 Å². The molecule has 0 aliphatic carbocycles. The van der Waals surface area contributed by atoms with Crippen molar-refractivity contribution in [3.63, 3.8) is 0 Å². The lowest BCUT2D eigenvalue weighted by molar-refractivity contribution is -0.385. The molecule has 21 heavy (non-hydrogen) atoms. The van der Waals surface area contributed by atoms with Crippen LogP contribution in [0.15, 0.2) is 18.2 Å². The minimum atomic E-state index is -3.42. The molecular formula is C13H20N2O5S. The molecule has 7 nitrogen and oxygen atoms in total. The number of ether oxygens (including phenoxy) is 1. The second kappa shape index (κ2) is 7.94. The fraction of sp³-hybridized carbons (Fsp3) is 0.538. The van der Waals surface area contributed by atoms with Crippen molar-refractivity contribution in [2.75, 3.05) is 12.4 Å². The fourth-order valence-electron chi connectivity index (χ4n) is 1.81.